The Labute approximate surface area is 113 Å². The molecule has 0 spiro atoms. The number of carbonyl (C=O) groups excluding carboxylic acids is 2. The summed E-state index contributed by atoms with van der Waals surface area (Å²) in [5.41, 5.74) is 0.927. The molecule has 6 heteroatoms. The Bertz CT molecular complexity index is 459. The number of anilines is 1. The van der Waals surface area contributed by atoms with E-state index < -0.39 is 5.97 Å². The molecule has 1 rings (SSSR count). The first kappa shape index (κ1) is 13.8. The smallest absolute Gasteiger partial charge is 0.341 e. The summed E-state index contributed by atoms with van der Waals surface area (Å²) in [6.07, 6.45) is 0. The van der Waals surface area contributed by atoms with E-state index in [9.17, 15) is 9.59 Å². The largest absolute Gasteiger partial charge is 0.495 e. The molecule has 0 heterocycles. The van der Waals surface area contributed by atoms with E-state index in [2.05, 4.69) is 10.1 Å². The summed E-state index contributed by atoms with van der Waals surface area (Å²) >= 11 is 2.00. The number of esters is 1. The number of hydrogen-bond acceptors (Lipinski definition) is 4. The number of rotatable bonds is 3. The molecule has 0 fully saturated rings. The average molecular weight is 349 g/mol. The summed E-state index contributed by atoms with van der Waals surface area (Å²) in [5, 5.41) is 2.65. The van der Waals surface area contributed by atoms with Gasteiger partial charge in [0.05, 0.1) is 23.5 Å². The monoisotopic (exact) mass is 349 g/mol. The lowest BCUT2D eigenvalue weighted by molar-refractivity contribution is -0.114. The van der Waals surface area contributed by atoms with Crippen molar-refractivity contribution < 1.29 is 19.1 Å². The molecule has 0 aliphatic heterocycles. The summed E-state index contributed by atoms with van der Waals surface area (Å²) in [5.74, 6) is -0.270. The number of hydrogen-bond donors (Lipinski definition) is 1. The SMILES string of the molecule is COC(=O)c1ccc(NC(C)=O)c(I)c1OC. The van der Waals surface area contributed by atoms with Crippen LogP contribution in [0.1, 0.15) is 17.3 Å². The van der Waals surface area contributed by atoms with Gasteiger partial charge in [-0.05, 0) is 34.7 Å². The van der Waals surface area contributed by atoms with Crippen molar-refractivity contribution in [2.75, 3.05) is 19.5 Å². The summed E-state index contributed by atoms with van der Waals surface area (Å²) in [7, 11) is 2.76. The first-order valence-electron chi connectivity index (χ1n) is 4.73. The van der Waals surface area contributed by atoms with E-state index >= 15 is 0 Å². The predicted molar refractivity (Wildman–Crippen MR) is 71.4 cm³/mol. The van der Waals surface area contributed by atoms with Crippen LogP contribution >= 0.6 is 22.6 Å². The Hall–Kier alpha value is -1.31. The number of methoxy groups -OCH3 is 2. The van der Waals surface area contributed by atoms with E-state index in [1.54, 1.807) is 12.1 Å². The highest BCUT2D eigenvalue weighted by Gasteiger charge is 2.18. The summed E-state index contributed by atoms with van der Waals surface area (Å²) in [6.45, 7) is 1.41. The molecule has 1 aromatic carbocycles. The van der Waals surface area contributed by atoms with Gasteiger partial charge in [-0.15, -0.1) is 0 Å². The van der Waals surface area contributed by atoms with Crippen molar-refractivity contribution in [3.8, 4) is 5.75 Å². The molecule has 0 bridgehead atoms. The van der Waals surface area contributed by atoms with E-state index in [1.165, 1.54) is 21.1 Å². The molecule has 0 unspecified atom stereocenters. The van der Waals surface area contributed by atoms with E-state index in [1.807, 2.05) is 22.6 Å². The van der Waals surface area contributed by atoms with Crippen LogP contribution in [0.4, 0.5) is 5.69 Å². The van der Waals surface area contributed by atoms with Gasteiger partial charge >= 0.3 is 5.97 Å². The Balaban J connectivity index is 3.26. The second-order valence-electron chi connectivity index (χ2n) is 3.18. The lowest BCUT2D eigenvalue weighted by Crippen LogP contribution is -2.10. The molecular formula is C11H12INO4. The highest BCUT2D eigenvalue weighted by molar-refractivity contribution is 14.1. The third kappa shape index (κ3) is 3.09. The van der Waals surface area contributed by atoms with Crippen LogP contribution in [-0.4, -0.2) is 26.1 Å². The van der Waals surface area contributed by atoms with Crippen LogP contribution in [-0.2, 0) is 9.53 Å². The number of carbonyl (C=O) groups is 2. The number of amides is 1. The van der Waals surface area contributed by atoms with Gasteiger partial charge in [0.1, 0.15) is 11.3 Å². The third-order valence-corrected chi connectivity index (χ3v) is 3.09. The maximum Gasteiger partial charge on any atom is 0.341 e. The Morgan fingerprint density at radius 1 is 1.29 bits per heavy atom. The maximum absolute atomic E-state index is 11.5. The summed E-state index contributed by atoms with van der Waals surface area (Å²) in [6, 6.07) is 3.19. The highest BCUT2D eigenvalue weighted by atomic mass is 127. The second-order valence-corrected chi connectivity index (χ2v) is 4.26. The fourth-order valence-corrected chi connectivity index (χ4v) is 2.14. The molecule has 17 heavy (non-hydrogen) atoms. The van der Waals surface area contributed by atoms with Crippen molar-refractivity contribution in [2.24, 2.45) is 0 Å². The molecule has 5 nitrogen and oxygen atoms in total. The fourth-order valence-electron chi connectivity index (χ4n) is 1.31. The average Bonchev–Trinajstić information content (AvgIpc) is 2.30. The lowest BCUT2D eigenvalue weighted by Gasteiger charge is -2.12. The molecule has 1 amide bonds. The summed E-state index contributed by atoms with van der Waals surface area (Å²) in [4.78, 5) is 22.5. The van der Waals surface area contributed by atoms with E-state index in [-0.39, 0.29) is 5.91 Å². The molecule has 1 aromatic rings. The first-order valence-corrected chi connectivity index (χ1v) is 5.81. The van der Waals surface area contributed by atoms with Gasteiger partial charge in [0, 0.05) is 6.92 Å². The Morgan fingerprint density at radius 2 is 1.94 bits per heavy atom. The molecule has 0 saturated heterocycles. The molecule has 0 aromatic heterocycles. The zero-order valence-corrected chi connectivity index (χ0v) is 11.8. The molecule has 0 aliphatic rings. The Morgan fingerprint density at radius 3 is 2.41 bits per heavy atom. The van der Waals surface area contributed by atoms with Gasteiger partial charge in [0.2, 0.25) is 5.91 Å². The van der Waals surface area contributed by atoms with Crippen molar-refractivity contribution in [1.29, 1.82) is 0 Å². The minimum Gasteiger partial charge on any atom is -0.495 e. The zero-order valence-electron chi connectivity index (χ0n) is 9.67. The molecule has 92 valence electrons. The van der Waals surface area contributed by atoms with Gasteiger partial charge in [0.25, 0.3) is 0 Å². The number of ether oxygens (including phenoxy) is 2. The van der Waals surface area contributed by atoms with Gasteiger partial charge in [-0.1, -0.05) is 0 Å². The third-order valence-electron chi connectivity index (χ3n) is 2.02. The molecular weight excluding hydrogens is 337 g/mol. The van der Waals surface area contributed by atoms with Crippen LogP contribution < -0.4 is 10.1 Å². The van der Waals surface area contributed by atoms with Gasteiger partial charge in [0.15, 0.2) is 0 Å². The standard InChI is InChI=1S/C11H12INO4/c1-6(14)13-8-5-4-7(11(15)17-3)10(16-2)9(8)12/h4-5H,1-3H3,(H,13,14). The van der Waals surface area contributed by atoms with Gasteiger partial charge in [-0.25, -0.2) is 4.79 Å². The molecule has 0 aliphatic carbocycles. The normalized spacial score (nSPS) is 9.65. The van der Waals surface area contributed by atoms with Crippen molar-refractivity contribution in [3.63, 3.8) is 0 Å². The molecule has 1 N–H and O–H groups in total. The van der Waals surface area contributed by atoms with Crippen molar-refractivity contribution in [2.45, 2.75) is 6.92 Å². The van der Waals surface area contributed by atoms with Gasteiger partial charge < -0.3 is 14.8 Å². The van der Waals surface area contributed by atoms with E-state index in [0.717, 1.165) is 0 Å². The molecule has 0 saturated carbocycles. The van der Waals surface area contributed by atoms with Gasteiger partial charge in [-0.2, -0.15) is 0 Å². The molecule has 0 radical (unpaired) electrons. The summed E-state index contributed by atoms with van der Waals surface area (Å²) < 4.78 is 10.5. The highest BCUT2D eigenvalue weighted by Crippen LogP contribution is 2.32. The van der Waals surface area contributed by atoms with Crippen LogP contribution in [0.5, 0.6) is 5.75 Å². The van der Waals surface area contributed by atoms with Crippen molar-refractivity contribution in [3.05, 3.63) is 21.3 Å². The van der Waals surface area contributed by atoms with Crippen LogP contribution in [0.3, 0.4) is 0 Å². The van der Waals surface area contributed by atoms with E-state index in [0.29, 0.717) is 20.6 Å². The minimum absolute atomic E-state index is 0.184. The minimum atomic E-state index is -0.478. The van der Waals surface area contributed by atoms with Gasteiger partial charge in [-0.3, -0.25) is 4.79 Å². The van der Waals surface area contributed by atoms with Crippen LogP contribution in [0, 0.1) is 3.57 Å². The lowest BCUT2D eigenvalue weighted by atomic mass is 10.2. The van der Waals surface area contributed by atoms with Crippen LogP contribution in [0.25, 0.3) is 0 Å². The molecule has 0 atom stereocenters. The zero-order chi connectivity index (χ0) is 13.0. The van der Waals surface area contributed by atoms with E-state index in [4.69, 9.17) is 4.74 Å². The predicted octanol–water partition coefficient (Wildman–Crippen LogP) is 2.04. The van der Waals surface area contributed by atoms with Crippen molar-refractivity contribution >= 4 is 40.2 Å². The Kier molecular flexibility index (Phi) is 4.73. The number of benzene rings is 1. The van der Waals surface area contributed by atoms with Crippen LogP contribution in [0.15, 0.2) is 12.1 Å². The maximum atomic E-state index is 11.5. The quantitative estimate of drug-likeness (QED) is 0.670. The topological polar surface area (TPSA) is 64.6 Å². The first-order chi connectivity index (χ1) is 8.01. The number of nitrogens with one attached hydrogen (secondary N) is 1. The second kappa shape index (κ2) is 5.85. The van der Waals surface area contributed by atoms with Crippen LogP contribution in [0.2, 0.25) is 0 Å². The fraction of sp³-hybridized carbons (Fsp3) is 0.273. The van der Waals surface area contributed by atoms with Crippen molar-refractivity contribution in [1.82, 2.24) is 0 Å². The number of halogens is 1.